The Morgan fingerprint density at radius 1 is 1.06 bits per heavy atom. The molecule has 2 rings (SSSR count). The summed E-state index contributed by atoms with van der Waals surface area (Å²) in [5.74, 6) is 1.08. The van der Waals surface area contributed by atoms with Gasteiger partial charge in [0, 0.05) is 26.4 Å². The Hall–Kier alpha value is 0.130. The topological polar surface area (TPSA) is 24.4 Å². The van der Waals surface area contributed by atoms with Gasteiger partial charge < -0.3 is 5.32 Å². The van der Waals surface area contributed by atoms with Gasteiger partial charge in [-0.3, -0.25) is 4.99 Å². The van der Waals surface area contributed by atoms with Gasteiger partial charge in [0.2, 0.25) is 0 Å². The van der Waals surface area contributed by atoms with Gasteiger partial charge in [-0.1, -0.05) is 15.9 Å². The highest BCUT2D eigenvalue weighted by Crippen LogP contribution is 2.34. The van der Waals surface area contributed by atoms with E-state index in [0.29, 0.717) is 0 Å². The number of hydrogen-bond donors (Lipinski definition) is 1. The fourth-order valence-electron chi connectivity index (χ4n) is 1.61. The van der Waals surface area contributed by atoms with Gasteiger partial charge in [-0.15, -0.1) is 0 Å². The fraction of sp³-hybridized carbons (Fsp3) is 0.364. The number of rotatable bonds is 1. The van der Waals surface area contributed by atoms with Crippen LogP contribution in [-0.2, 0) is 0 Å². The van der Waals surface area contributed by atoms with Crippen molar-refractivity contribution in [1.82, 2.24) is 0 Å². The molecule has 0 atom stereocenters. The molecule has 0 fully saturated rings. The maximum Gasteiger partial charge on any atom is 0.101 e. The van der Waals surface area contributed by atoms with Crippen molar-refractivity contribution in [2.24, 2.45) is 4.99 Å². The summed E-state index contributed by atoms with van der Waals surface area (Å²) in [4.78, 5) is 4.48. The molecule has 5 heteroatoms. The Bertz CT molecular complexity index is 406. The number of anilines is 1. The van der Waals surface area contributed by atoms with E-state index in [0.717, 1.165) is 37.9 Å². The second kappa shape index (κ2) is 5.65. The van der Waals surface area contributed by atoms with Gasteiger partial charge in [-0.05, 0) is 56.8 Å². The Labute approximate surface area is 120 Å². The zero-order valence-corrected chi connectivity index (χ0v) is 13.3. The van der Waals surface area contributed by atoms with Gasteiger partial charge in [0.1, 0.15) is 5.84 Å². The predicted octanol–water partition coefficient (Wildman–Crippen LogP) is 4.97. The Kier molecular flexibility index (Phi) is 4.44. The third-order valence-electron chi connectivity index (χ3n) is 2.40. The van der Waals surface area contributed by atoms with E-state index < -0.39 is 0 Å². The molecule has 1 N–H and O–H groups in total. The van der Waals surface area contributed by atoms with Gasteiger partial charge in [0.15, 0.2) is 0 Å². The van der Waals surface area contributed by atoms with Crippen molar-refractivity contribution in [3.05, 3.63) is 25.6 Å². The first kappa shape index (κ1) is 12.6. The van der Waals surface area contributed by atoms with Gasteiger partial charge in [0.05, 0.1) is 5.69 Å². The number of aliphatic imine (C=N–C) groups is 1. The first-order chi connectivity index (χ1) is 7.66. The fourth-order valence-corrected chi connectivity index (χ4v) is 4.06. The molecule has 1 aromatic rings. The van der Waals surface area contributed by atoms with Crippen LogP contribution in [0.5, 0.6) is 0 Å². The molecule has 0 aromatic heterocycles. The SMILES string of the molecule is Brc1cc(Br)c(NC2=NCCCC2)c(Br)c1. The lowest BCUT2D eigenvalue weighted by Crippen LogP contribution is -2.16. The number of halogens is 3. The summed E-state index contributed by atoms with van der Waals surface area (Å²) in [6.45, 7) is 0.939. The summed E-state index contributed by atoms with van der Waals surface area (Å²) in [5.41, 5.74) is 1.05. The highest BCUT2D eigenvalue weighted by molar-refractivity contribution is 9.11. The Balaban J connectivity index is 2.24. The minimum absolute atomic E-state index is 0.939. The molecule has 0 amide bonds. The van der Waals surface area contributed by atoms with Crippen LogP contribution in [0.3, 0.4) is 0 Å². The monoisotopic (exact) mass is 408 g/mol. The van der Waals surface area contributed by atoms with E-state index in [2.05, 4.69) is 58.1 Å². The summed E-state index contributed by atoms with van der Waals surface area (Å²) < 4.78 is 3.10. The summed E-state index contributed by atoms with van der Waals surface area (Å²) in [6, 6.07) is 4.05. The van der Waals surface area contributed by atoms with E-state index in [4.69, 9.17) is 0 Å². The van der Waals surface area contributed by atoms with Gasteiger partial charge in [-0.2, -0.15) is 0 Å². The Morgan fingerprint density at radius 2 is 1.75 bits per heavy atom. The maximum atomic E-state index is 4.48. The lowest BCUT2D eigenvalue weighted by atomic mass is 10.2. The molecule has 0 saturated heterocycles. The number of hydrogen-bond acceptors (Lipinski definition) is 2. The molecule has 0 saturated carbocycles. The van der Waals surface area contributed by atoms with Crippen LogP contribution >= 0.6 is 47.8 Å². The van der Waals surface area contributed by atoms with Crippen LogP contribution in [0, 0.1) is 0 Å². The molecule has 0 bridgehead atoms. The standard InChI is InChI=1S/C11H11Br3N2/c12-7-5-8(13)11(9(14)6-7)16-10-3-1-2-4-15-10/h5-6H,1-4H2,(H,15,16). The lowest BCUT2D eigenvalue weighted by molar-refractivity contribution is 0.737. The molecule has 0 spiro atoms. The van der Waals surface area contributed by atoms with E-state index in [-0.39, 0.29) is 0 Å². The van der Waals surface area contributed by atoms with Crippen molar-refractivity contribution < 1.29 is 0 Å². The first-order valence-electron chi connectivity index (χ1n) is 5.12. The molecule has 2 nitrogen and oxygen atoms in total. The molecule has 16 heavy (non-hydrogen) atoms. The molecule has 86 valence electrons. The van der Waals surface area contributed by atoms with Crippen LogP contribution in [0.2, 0.25) is 0 Å². The normalized spacial score (nSPS) is 15.8. The third-order valence-corrected chi connectivity index (χ3v) is 4.11. The van der Waals surface area contributed by atoms with Gasteiger partial charge >= 0.3 is 0 Å². The quantitative estimate of drug-likeness (QED) is 0.694. The number of nitrogens with zero attached hydrogens (tertiary/aromatic N) is 1. The van der Waals surface area contributed by atoms with E-state index in [1.54, 1.807) is 0 Å². The summed E-state index contributed by atoms with van der Waals surface area (Å²) in [7, 11) is 0. The van der Waals surface area contributed by atoms with Crippen LogP contribution in [0.25, 0.3) is 0 Å². The van der Waals surface area contributed by atoms with Crippen LogP contribution in [0.1, 0.15) is 19.3 Å². The number of nitrogens with one attached hydrogen (secondary N) is 1. The number of benzene rings is 1. The summed E-state index contributed by atoms with van der Waals surface area (Å²) in [6.07, 6.45) is 3.46. The summed E-state index contributed by atoms with van der Waals surface area (Å²) >= 11 is 10.5. The van der Waals surface area contributed by atoms with Crippen LogP contribution in [0.4, 0.5) is 5.69 Å². The predicted molar refractivity (Wildman–Crippen MR) is 79.3 cm³/mol. The van der Waals surface area contributed by atoms with Crippen molar-refractivity contribution in [3.8, 4) is 0 Å². The van der Waals surface area contributed by atoms with E-state index >= 15 is 0 Å². The second-order valence-electron chi connectivity index (χ2n) is 3.65. The zero-order valence-electron chi connectivity index (χ0n) is 8.56. The van der Waals surface area contributed by atoms with Crippen molar-refractivity contribution in [2.75, 3.05) is 11.9 Å². The third kappa shape index (κ3) is 3.08. The highest BCUT2D eigenvalue weighted by Gasteiger charge is 2.10. The van der Waals surface area contributed by atoms with E-state index in [1.165, 1.54) is 12.8 Å². The van der Waals surface area contributed by atoms with Crippen molar-refractivity contribution in [3.63, 3.8) is 0 Å². The average Bonchev–Trinajstić information content (AvgIpc) is 2.25. The van der Waals surface area contributed by atoms with Crippen LogP contribution in [0.15, 0.2) is 30.5 Å². The summed E-state index contributed by atoms with van der Waals surface area (Å²) in [5, 5.41) is 3.38. The van der Waals surface area contributed by atoms with Crippen molar-refractivity contribution in [1.29, 1.82) is 0 Å². The van der Waals surface area contributed by atoms with Crippen LogP contribution in [-0.4, -0.2) is 12.4 Å². The minimum atomic E-state index is 0.939. The van der Waals surface area contributed by atoms with Gasteiger partial charge in [-0.25, -0.2) is 0 Å². The van der Waals surface area contributed by atoms with E-state index in [1.807, 2.05) is 12.1 Å². The molecule has 0 radical (unpaired) electrons. The zero-order chi connectivity index (χ0) is 11.5. The molecule has 1 aliphatic rings. The molecular weight excluding hydrogens is 400 g/mol. The molecule has 1 aliphatic heterocycles. The van der Waals surface area contributed by atoms with E-state index in [9.17, 15) is 0 Å². The Morgan fingerprint density at radius 3 is 2.31 bits per heavy atom. The smallest absolute Gasteiger partial charge is 0.101 e. The van der Waals surface area contributed by atoms with Crippen molar-refractivity contribution >= 4 is 59.3 Å². The average molecular weight is 411 g/mol. The molecule has 0 aliphatic carbocycles. The first-order valence-corrected chi connectivity index (χ1v) is 7.49. The largest absolute Gasteiger partial charge is 0.342 e. The lowest BCUT2D eigenvalue weighted by Gasteiger charge is -2.16. The molecule has 0 unspecified atom stereocenters. The minimum Gasteiger partial charge on any atom is -0.342 e. The molecular formula is C11H11Br3N2. The second-order valence-corrected chi connectivity index (χ2v) is 6.28. The molecule has 1 aromatic carbocycles. The van der Waals surface area contributed by atoms with Gasteiger partial charge in [0.25, 0.3) is 0 Å². The maximum absolute atomic E-state index is 4.48. The van der Waals surface area contributed by atoms with Crippen LogP contribution < -0.4 is 5.32 Å². The molecule has 1 heterocycles. The number of amidine groups is 1. The highest BCUT2D eigenvalue weighted by atomic mass is 79.9. The van der Waals surface area contributed by atoms with Crippen molar-refractivity contribution in [2.45, 2.75) is 19.3 Å².